The molecule has 0 saturated heterocycles. The van der Waals surface area contributed by atoms with Gasteiger partial charge in [0.15, 0.2) is 5.82 Å². The molecule has 0 aliphatic carbocycles. The third-order valence-electron chi connectivity index (χ3n) is 2.19. The van der Waals surface area contributed by atoms with Gasteiger partial charge < -0.3 is 10.1 Å². The second kappa shape index (κ2) is 4.65. The Labute approximate surface area is 97.7 Å². The first-order chi connectivity index (χ1) is 8.19. The Morgan fingerprint density at radius 2 is 2.24 bits per heavy atom. The number of hydrogen-bond donors (Lipinski definition) is 2. The van der Waals surface area contributed by atoms with E-state index in [-0.39, 0.29) is 0 Å². The molecule has 0 aliphatic rings. The highest BCUT2D eigenvalue weighted by Gasteiger charge is 2.04. The zero-order chi connectivity index (χ0) is 12.3. The Balaban J connectivity index is 2.35. The standard InChI is InChI=1S/C11H12N4O2/c1-7-3-4-9(17-2)8(5-7)13-10-6-12-15-11(16)14-10/h3-6H,1-2H3,(H2,13,14,15,16). The normalized spacial score (nSPS) is 10.0. The first-order valence-electron chi connectivity index (χ1n) is 5.02. The number of methoxy groups -OCH3 is 1. The van der Waals surface area contributed by atoms with E-state index in [1.54, 1.807) is 7.11 Å². The Morgan fingerprint density at radius 1 is 1.41 bits per heavy atom. The van der Waals surface area contributed by atoms with E-state index in [2.05, 4.69) is 20.5 Å². The number of ether oxygens (including phenoxy) is 1. The van der Waals surface area contributed by atoms with E-state index in [9.17, 15) is 4.79 Å². The van der Waals surface area contributed by atoms with E-state index in [0.29, 0.717) is 11.6 Å². The Hall–Kier alpha value is -2.37. The van der Waals surface area contributed by atoms with Gasteiger partial charge in [-0.05, 0) is 24.6 Å². The molecular weight excluding hydrogens is 220 g/mol. The summed E-state index contributed by atoms with van der Waals surface area (Å²) in [5.74, 6) is 1.05. The molecule has 0 saturated carbocycles. The molecule has 88 valence electrons. The zero-order valence-electron chi connectivity index (χ0n) is 9.52. The molecule has 0 unspecified atom stereocenters. The number of benzene rings is 1. The van der Waals surface area contributed by atoms with Gasteiger partial charge in [0.05, 0.1) is 19.0 Å². The molecule has 6 heteroatoms. The third kappa shape index (κ3) is 2.60. The van der Waals surface area contributed by atoms with Crippen molar-refractivity contribution in [1.82, 2.24) is 15.2 Å². The molecule has 0 aliphatic heterocycles. The minimum Gasteiger partial charge on any atom is -0.495 e. The van der Waals surface area contributed by atoms with Crippen LogP contribution in [0.3, 0.4) is 0 Å². The fourth-order valence-electron chi connectivity index (χ4n) is 1.43. The van der Waals surface area contributed by atoms with Gasteiger partial charge in [-0.1, -0.05) is 6.07 Å². The molecule has 1 aromatic carbocycles. The van der Waals surface area contributed by atoms with Crippen LogP contribution < -0.4 is 15.7 Å². The van der Waals surface area contributed by atoms with Gasteiger partial charge in [-0.25, -0.2) is 9.89 Å². The third-order valence-corrected chi connectivity index (χ3v) is 2.19. The monoisotopic (exact) mass is 232 g/mol. The van der Waals surface area contributed by atoms with Crippen LogP contribution in [-0.4, -0.2) is 22.3 Å². The lowest BCUT2D eigenvalue weighted by Crippen LogP contribution is -2.13. The number of nitrogens with one attached hydrogen (secondary N) is 2. The summed E-state index contributed by atoms with van der Waals surface area (Å²) in [6.45, 7) is 1.97. The second-order valence-electron chi connectivity index (χ2n) is 3.50. The summed E-state index contributed by atoms with van der Waals surface area (Å²) in [6.07, 6.45) is 1.43. The van der Waals surface area contributed by atoms with Crippen LogP contribution in [0.15, 0.2) is 29.2 Å². The smallest absolute Gasteiger partial charge is 0.363 e. The quantitative estimate of drug-likeness (QED) is 0.831. The van der Waals surface area contributed by atoms with Gasteiger partial charge in [-0.2, -0.15) is 10.1 Å². The number of aryl methyl sites for hydroxylation is 1. The van der Waals surface area contributed by atoms with Crippen molar-refractivity contribution in [2.45, 2.75) is 6.92 Å². The fraction of sp³-hybridized carbons (Fsp3) is 0.182. The van der Waals surface area contributed by atoms with Crippen molar-refractivity contribution in [2.75, 3.05) is 12.4 Å². The molecule has 0 spiro atoms. The molecular formula is C11H12N4O2. The van der Waals surface area contributed by atoms with E-state index in [1.807, 2.05) is 25.1 Å². The maximum Gasteiger partial charge on any atom is 0.363 e. The molecule has 1 aromatic heterocycles. The summed E-state index contributed by atoms with van der Waals surface area (Å²) < 4.78 is 5.21. The summed E-state index contributed by atoms with van der Waals surface area (Å²) in [5.41, 5.74) is 1.32. The minimum absolute atomic E-state index is 0.373. The fourth-order valence-corrected chi connectivity index (χ4v) is 1.43. The van der Waals surface area contributed by atoms with Crippen molar-refractivity contribution < 1.29 is 4.74 Å². The van der Waals surface area contributed by atoms with E-state index in [1.165, 1.54) is 6.20 Å². The Kier molecular flexibility index (Phi) is 3.04. The molecule has 2 rings (SSSR count). The largest absolute Gasteiger partial charge is 0.495 e. The summed E-state index contributed by atoms with van der Waals surface area (Å²) in [7, 11) is 1.58. The first kappa shape index (κ1) is 11.1. The minimum atomic E-state index is -0.499. The van der Waals surface area contributed by atoms with Crippen LogP contribution in [0, 0.1) is 6.92 Å². The van der Waals surface area contributed by atoms with Crippen LogP contribution in [0.5, 0.6) is 5.75 Å². The lowest BCUT2D eigenvalue weighted by molar-refractivity contribution is 0.416. The van der Waals surface area contributed by atoms with Crippen LogP contribution in [0.2, 0.25) is 0 Å². The Bertz CT molecular complexity index is 580. The molecule has 0 fully saturated rings. The van der Waals surface area contributed by atoms with Crippen molar-refractivity contribution in [3.63, 3.8) is 0 Å². The Morgan fingerprint density at radius 3 is 2.94 bits per heavy atom. The second-order valence-corrected chi connectivity index (χ2v) is 3.50. The van der Waals surface area contributed by atoms with Gasteiger partial charge in [-0.15, -0.1) is 0 Å². The number of aromatic amines is 1. The average molecular weight is 232 g/mol. The van der Waals surface area contributed by atoms with Crippen LogP contribution in [0.4, 0.5) is 11.5 Å². The number of H-pyrrole nitrogens is 1. The van der Waals surface area contributed by atoms with Crippen LogP contribution >= 0.6 is 0 Å². The highest BCUT2D eigenvalue weighted by molar-refractivity contribution is 5.64. The SMILES string of the molecule is COc1ccc(C)cc1Nc1cn[nH]c(=O)n1. The topological polar surface area (TPSA) is 79.9 Å². The molecule has 0 bridgehead atoms. The van der Waals surface area contributed by atoms with Gasteiger partial charge >= 0.3 is 5.69 Å². The van der Waals surface area contributed by atoms with Gasteiger partial charge in [0.2, 0.25) is 0 Å². The molecule has 17 heavy (non-hydrogen) atoms. The number of aromatic nitrogens is 3. The van der Waals surface area contributed by atoms with Crippen LogP contribution in [0.25, 0.3) is 0 Å². The summed E-state index contributed by atoms with van der Waals surface area (Å²) >= 11 is 0. The van der Waals surface area contributed by atoms with Crippen molar-refractivity contribution in [2.24, 2.45) is 0 Å². The lowest BCUT2D eigenvalue weighted by atomic mass is 10.2. The average Bonchev–Trinajstić information content (AvgIpc) is 2.29. The van der Waals surface area contributed by atoms with E-state index >= 15 is 0 Å². The van der Waals surface area contributed by atoms with E-state index < -0.39 is 5.69 Å². The highest BCUT2D eigenvalue weighted by Crippen LogP contribution is 2.27. The van der Waals surface area contributed by atoms with Crippen molar-refractivity contribution in [3.05, 3.63) is 40.4 Å². The molecule has 0 amide bonds. The number of hydrogen-bond acceptors (Lipinski definition) is 5. The molecule has 0 radical (unpaired) electrons. The molecule has 1 heterocycles. The molecule has 6 nitrogen and oxygen atoms in total. The van der Waals surface area contributed by atoms with Gasteiger partial charge in [-0.3, -0.25) is 0 Å². The lowest BCUT2D eigenvalue weighted by Gasteiger charge is -2.10. The summed E-state index contributed by atoms with van der Waals surface area (Å²) in [5, 5.41) is 8.85. The number of rotatable bonds is 3. The predicted molar refractivity (Wildman–Crippen MR) is 63.7 cm³/mol. The maximum absolute atomic E-state index is 11.0. The van der Waals surface area contributed by atoms with Crippen LogP contribution in [0.1, 0.15) is 5.56 Å². The highest BCUT2D eigenvalue weighted by atomic mass is 16.5. The summed E-state index contributed by atoms with van der Waals surface area (Å²) in [6, 6.07) is 5.69. The van der Waals surface area contributed by atoms with E-state index in [0.717, 1.165) is 11.3 Å². The predicted octanol–water partition coefficient (Wildman–Crippen LogP) is 1.23. The van der Waals surface area contributed by atoms with Crippen molar-refractivity contribution >= 4 is 11.5 Å². The maximum atomic E-state index is 11.0. The molecule has 2 aromatic rings. The molecule has 0 atom stereocenters. The van der Waals surface area contributed by atoms with Crippen LogP contribution in [-0.2, 0) is 0 Å². The number of nitrogens with zero attached hydrogens (tertiary/aromatic N) is 2. The molecule has 2 N–H and O–H groups in total. The number of anilines is 2. The van der Waals surface area contributed by atoms with Crippen molar-refractivity contribution in [3.8, 4) is 5.75 Å². The summed E-state index contributed by atoms with van der Waals surface area (Å²) in [4.78, 5) is 14.7. The van der Waals surface area contributed by atoms with Crippen molar-refractivity contribution in [1.29, 1.82) is 0 Å². The first-order valence-corrected chi connectivity index (χ1v) is 5.02. The van der Waals surface area contributed by atoms with Gasteiger partial charge in [0, 0.05) is 0 Å². The van der Waals surface area contributed by atoms with Gasteiger partial charge in [0.1, 0.15) is 5.75 Å². The van der Waals surface area contributed by atoms with Gasteiger partial charge in [0.25, 0.3) is 0 Å². The van der Waals surface area contributed by atoms with E-state index in [4.69, 9.17) is 4.74 Å². The zero-order valence-corrected chi connectivity index (χ0v) is 9.52.